The molecule has 160 valence electrons. The Kier molecular flexibility index (Phi) is 8.46. The highest BCUT2D eigenvalue weighted by Crippen LogP contribution is 2.24. The van der Waals surface area contributed by atoms with E-state index in [0.29, 0.717) is 31.0 Å². The van der Waals surface area contributed by atoms with Gasteiger partial charge in [-0.1, -0.05) is 37.6 Å². The van der Waals surface area contributed by atoms with Crippen molar-refractivity contribution in [2.45, 2.75) is 45.1 Å². The van der Waals surface area contributed by atoms with E-state index in [4.69, 9.17) is 22.4 Å². The highest BCUT2D eigenvalue weighted by molar-refractivity contribution is 6.30. The molecule has 0 bridgehead atoms. The topological polar surface area (TPSA) is 113 Å². The molecule has 1 fully saturated rings. The number of carboxylic acids is 1. The van der Waals surface area contributed by atoms with E-state index in [1.807, 2.05) is 26.0 Å². The van der Waals surface area contributed by atoms with Gasteiger partial charge in [0, 0.05) is 37.0 Å². The number of carboxylic acid groups (broad SMARTS) is 1. The lowest BCUT2D eigenvalue weighted by Crippen LogP contribution is -2.46. The van der Waals surface area contributed by atoms with Gasteiger partial charge in [-0.05, 0) is 36.5 Å². The van der Waals surface area contributed by atoms with Crippen molar-refractivity contribution in [3.05, 3.63) is 34.9 Å². The van der Waals surface area contributed by atoms with Crippen molar-refractivity contribution in [3.63, 3.8) is 0 Å². The molecule has 1 saturated heterocycles. The molecule has 7 nitrogen and oxygen atoms in total. The summed E-state index contributed by atoms with van der Waals surface area (Å²) in [5.74, 6) is -1.69. The Bertz CT molecular complexity index is 715. The molecule has 2 amide bonds. The van der Waals surface area contributed by atoms with E-state index in [-0.39, 0.29) is 42.5 Å². The van der Waals surface area contributed by atoms with Crippen molar-refractivity contribution in [3.8, 4) is 0 Å². The van der Waals surface area contributed by atoms with Gasteiger partial charge in [0.2, 0.25) is 11.8 Å². The number of nitrogens with zero attached hydrogens (tertiary/aromatic N) is 1. The number of rotatable bonds is 8. The lowest BCUT2D eigenvalue weighted by molar-refractivity contribution is -0.145. The summed E-state index contributed by atoms with van der Waals surface area (Å²) < 4.78 is 0. The van der Waals surface area contributed by atoms with E-state index < -0.39 is 12.0 Å². The Balaban J connectivity index is 2.03. The van der Waals surface area contributed by atoms with Crippen LogP contribution in [0, 0.1) is 11.8 Å². The summed E-state index contributed by atoms with van der Waals surface area (Å²) in [6, 6.07) is 6.62. The van der Waals surface area contributed by atoms with Crippen LogP contribution in [0.2, 0.25) is 5.02 Å². The van der Waals surface area contributed by atoms with Crippen LogP contribution in [0.5, 0.6) is 0 Å². The minimum Gasteiger partial charge on any atom is -0.481 e. The first-order valence-corrected chi connectivity index (χ1v) is 10.4. The minimum atomic E-state index is -0.805. The third-order valence-electron chi connectivity index (χ3n) is 5.50. The number of nitrogens with two attached hydrogens (primary N) is 1. The standard InChI is InChI=1S/C21H30ClN3O4/c1-13(2)19(23)20(27)24-12-16(14-3-5-17(22)6-4-14)11-18(26)25-9-7-15(8-10-25)21(28)29/h3-6,13,15-16,19H,7-12,23H2,1-2H3,(H,24,27)(H,28,29)/t16?,19-/m0/s1. The zero-order valence-electron chi connectivity index (χ0n) is 16.9. The molecule has 0 aromatic heterocycles. The fourth-order valence-corrected chi connectivity index (χ4v) is 3.53. The molecular weight excluding hydrogens is 394 g/mol. The summed E-state index contributed by atoms with van der Waals surface area (Å²) in [6.07, 6.45) is 1.15. The summed E-state index contributed by atoms with van der Waals surface area (Å²) in [5.41, 5.74) is 6.81. The predicted octanol–water partition coefficient (Wildman–Crippen LogP) is 2.24. The molecule has 1 unspecified atom stereocenters. The first-order valence-electron chi connectivity index (χ1n) is 9.98. The van der Waals surface area contributed by atoms with Crippen LogP contribution in [0.15, 0.2) is 24.3 Å². The van der Waals surface area contributed by atoms with Gasteiger partial charge in [-0.2, -0.15) is 0 Å². The quantitative estimate of drug-likeness (QED) is 0.593. The second kappa shape index (κ2) is 10.6. The van der Waals surface area contributed by atoms with Gasteiger partial charge >= 0.3 is 5.97 Å². The van der Waals surface area contributed by atoms with Crippen LogP contribution in [0.1, 0.15) is 44.6 Å². The molecule has 29 heavy (non-hydrogen) atoms. The van der Waals surface area contributed by atoms with E-state index in [9.17, 15) is 14.4 Å². The Hall–Kier alpha value is -2.12. The van der Waals surface area contributed by atoms with Gasteiger partial charge in [0.1, 0.15) is 0 Å². The molecule has 1 aromatic carbocycles. The van der Waals surface area contributed by atoms with Crippen molar-refractivity contribution in [2.75, 3.05) is 19.6 Å². The third-order valence-corrected chi connectivity index (χ3v) is 5.75. The maximum Gasteiger partial charge on any atom is 0.306 e. The van der Waals surface area contributed by atoms with Crippen LogP contribution in [0.3, 0.4) is 0 Å². The molecule has 1 aromatic rings. The van der Waals surface area contributed by atoms with Crippen LogP contribution in [0.4, 0.5) is 0 Å². The lowest BCUT2D eigenvalue weighted by atomic mass is 9.93. The summed E-state index contributed by atoms with van der Waals surface area (Å²) in [6.45, 7) is 4.93. The van der Waals surface area contributed by atoms with Crippen molar-refractivity contribution < 1.29 is 19.5 Å². The molecule has 2 atom stereocenters. The molecule has 1 aliphatic rings. The van der Waals surface area contributed by atoms with Crippen molar-refractivity contribution in [1.29, 1.82) is 0 Å². The van der Waals surface area contributed by atoms with Gasteiger partial charge in [0.15, 0.2) is 0 Å². The molecule has 8 heteroatoms. The first-order chi connectivity index (χ1) is 13.7. The van der Waals surface area contributed by atoms with Crippen molar-refractivity contribution in [2.24, 2.45) is 17.6 Å². The number of piperidine rings is 1. The average Bonchev–Trinajstić information content (AvgIpc) is 2.70. The Morgan fingerprint density at radius 3 is 2.31 bits per heavy atom. The maximum absolute atomic E-state index is 12.8. The second-order valence-electron chi connectivity index (χ2n) is 7.96. The SMILES string of the molecule is CC(C)[C@H](N)C(=O)NCC(CC(=O)N1CCC(C(=O)O)CC1)c1ccc(Cl)cc1. The summed E-state index contributed by atoms with van der Waals surface area (Å²) >= 11 is 5.98. The van der Waals surface area contributed by atoms with E-state index in [1.54, 1.807) is 17.0 Å². The lowest BCUT2D eigenvalue weighted by Gasteiger charge is -2.31. The Morgan fingerprint density at radius 1 is 1.21 bits per heavy atom. The monoisotopic (exact) mass is 423 g/mol. The third kappa shape index (κ3) is 6.72. The summed E-state index contributed by atoms with van der Waals surface area (Å²) in [5, 5.41) is 12.6. The number of nitrogens with one attached hydrogen (secondary N) is 1. The van der Waals surface area contributed by atoms with E-state index in [1.165, 1.54) is 0 Å². The van der Waals surface area contributed by atoms with Gasteiger partial charge in [-0.3, -0.25) is 14.4 Å². The highest BCUT2D eigenvalue weighted by atomic mass is 35.5. The molecule has 2 rings (SSSR count). The second-order valence-corrected chi connectivity index (χ2v) is 8.40. The highest BCUT2D eigenvalue weighted by Gasteiger charge is 2.29. The number of likely N-dealkylation sites (tertiary alicyclic amines) is 1. The number of hydrogen-bond donors (Lipinski definition) is 3. The van der Waals surface area contributed by atoms with Gasteiger partial charge < -0.3 is 21.1 Å². The normalized spacial score (nSPS) is 17.1. The van der Waals surface area contributed by atoms with Crippen LogP contribution in [-0.2, 0) is 14.4 Å². The maximum atomic E-state index is 12.8. The Labute approximate surface area is 176 Å². The average molecular weight is 424 g/mol. The smallest absolute Gasteiger partial charge is 0.306 e. The van der Waals surface area contributed by atoms with Gasteiger partial charge in [-0.15, -0.1) is 0 Å². The fourth-order valence-electron chi connectivity index (χ4n) is 3.40. The molecule has 0 radical (unpaired) electrons. The van der Waals surface area contributed by atoms with E-state index in [0.717, 1.165) is 5.56 Å². The van der Waals surface area contributed by atoms with Crippen LogP contribution < -0.4 is 11.1 Å². The zero-order chi connectivity index (χ0) is 21.6. The molecule has 1 aliphatic heterocycles. The van der Waals surface area contributed by atoms with Crippen LogP contribution in [0.25, 0.3) is 0 Å². The molecule has 1 heterocycles. The van der Waals surface area contributed by atoms with Gasteiger partial charge in [-0.25, -0.2) is 0 Å². The van der Waals surface area contributed by atoms with Crippen LogP contribution >= 0.6 is 11.6 Å². The number of aliphatic carboxylic acids is 1. The number of hydrogen-bond acceptors (Lipinski definition) is 4. The van der Waals surface area contributed by atoms with Gasteiger partial charge in [0.25, 0.3) is 0 Å². The Morgan fingerprint density at radius 2 is 1.79 bits per heavy atom. The fraction of sp³-hybridized carbons (Fsp3) is 0.571. The molecule has 0 aliphatic carbocycles. The van der Waals surface area contributed by atoms with E-state index >= 15 is 0 Å². The van der Waals surface area contributed by atoms with Crippen molar-refractivity contribution >= 4 is 29.4 Å². The number of carbonyl (C=O) groups excluding carboxylic acids is 2. The molecule has 0 saturated carbocycles. The van der Waals surface area contributed by atoms with E-state index in [2.05, 4.69) is 5.32 Å². The van der Waals surface area contributed by atoms with Crippen LogP contribution in [-0.4, -0.2) is 53.5 Å². The predicted molar refractivity (Wildman–Crippen MR) is 112 cm³/mol. The molecule has 0 spiro atoms. The number of halogens is 1. The summed E-state index contributed by atoms with van der Waals surface area (Å²) in [7, 11) is 0. The zero-order valence-corrected chi connectivity index (χ0v) is 17.7. The van der Waals surface area contributed by atoms with Gasteiger partial charge in [0.05, 0.1) is 12.0 Å². The number of carbonyl (C=O) groups is 3. The summed E-state index contributed by atoms with van der Waals surface area (Å²) in [4.78, 5) is 37.9. The number of benzene rings is 1. The minimum absolute atomic E-state index is 0.0149. The molecular formula is C21H30ClN3O4. The first kappa shape index (κ1) is 23.2. The van der Waals surface area contributed by atoms with Crippen molar-refractivity contribution in [1.82, 2.24) is 10.2 Å². The molecule has 4 N–H and O–H groups in total. The largest absolute Gasteiger partial charge is 0.481 e. The number of amides is 2.